The number of hydrogen-bond donors (Lipinski definition) is 2. The van der Waals surface area contributed by atoms with E-state index in [1.165, 1.54) is 18.1 Å². The predicted molar refractivity (Wildman–Crippen MR) is 136 cm³/mol. The van der Waals surface area contributed by atoms with Crippen LogP contribution in [0.15, 0.2) is 72.3 Å². The Labute approximate surface area is 205 Å². The number of benzene rings is 3. The number of methoxy groups -OCH3 is 1. The van der Waals surface area contributed by atoms with E-state index in [9.17, 15) is 19.8 Å². The van der Waals surface area contributed by atoms with Crippen molar-refractivity contribution in [2.24, 2.45) is 0 Å². The van der Waals surface area contributed by atoms with E-state index >= 15 is 0 Å². The molecule has 0 saturated carbocycles. The molecule has 1 atom stereocenters. The van der Waals surface area contributed by atoms with Crippen LogP contribution in [0.1, 0.15) is 49.1 Å². The molecule has 2 N–H and O–H groups in total. The maximum atomic E-state index is 13.4. The summed E-state index contributed by atoms with van der Waals surface area (Å²) in [4.78, 5) is 28.0. The number of carbonyl (C=O) groups is 2. The number of anilines is 1. The van der Waals surface area contributed by atoms with Crippen LogP contribution in [0.3, 0.4) is 0 Å². The molecule has 1 saturated heterocycles. The molecule has 0 spiro atoms. The maximum Gasteiger partial charge on any atom is 0.300 e. The van der Waals surface area contributed by atoms with Gasteiger partial charge in [0.15, 0.2) is 0 Å². The maximum absolute atomic E-state index is 13.4. The van der Waals surface area contributed by atoms with Gasteiger partial charge < -0.3 is 14.9 Å². The monoisotopic (exact) mass is 471 g/mol. The number of aromatic hydroxyl groups is 1. The van der Waals surface area contributed by atoms with Gasteiger partial charge in [0.25, 0.3) is 11.7 Å². The van der Waals surface area contributed by atoms with Gasteiger partial charge in [-0.3, -0.25) is 14.5 Å². The lowest BCUT2D eigenvalue weighted by atomic mass is 9.85. The number of para-hydroxylation sites is 2. The lowest BCUT2D eigenvalue weighted by Gasteiger charge is -2.26. The molecule has 0 aromatic heterocycles. The van der Waals surface area contributed by atoms with Gasteiger partial charge in [-0.15, -0.1) is 0 Å². The second-order valence-corrected chi connectivity index (χ2v) is 9.74. The zero-order chi connectivity index (χ0) is 25.5. The van der Waals surface area contributed by atoms with Crippen LogP contribution in [-0.2, 0) is 15.0 Å². The number of aryl methyl sites for hydroxylation is 1. The first kappa shape index (κ1) is 24.1. The lowest BCUT2D eigenvalue weighted by Crippen LogP contribution is -2.29. The number of phenols is 1. The second-order valence-electron chi connectivity index (χ2n) is 9.74. The van der Waals surface area contributed by atoms with E-state index in [-0.39, 0.29) is 28.2 Å². The number of nitrogens with zero attached hydrogens (tertiary/aromatic N) is 1. The number of amides is 1. The first-order chi connectivity index (χ1) is 16.5. The third-order valence-electron chi connectivity index (χ3n) is 6.26. The van der Waals surface area contributed by atoms with Gasteiger partial charge in [0.2, 0.25) is 0 Å². The van der Waals surface area contributed by atoms with Crippen molar-refractivity contribution < 1.29 is 24.5 Å². The fraction of sp³-hybridized carbons (Fsp3) is 0.241. The summed E-state index contributed by atoms with van der Waals surface area (Å²) in [6.07, 6.45) is 0. The van der Waals surface area contributed by atoms with Crippen LogP contribution in [0.25, 0.3) is 5.76 Å². The molecule has 1 aliphatic rings. The van der Waals surface area contributed by atoms with Crippen molar-refractivity contribution >= 4 is 23.1 Å². The molecule has 0 radical (unpaired) electrons. The molecule has 1 unspecified atom stereocenters. The molecule has 180 valence electrons. The van der Waals surface area contributed by atoms with Gasteiger partial charge in [-0.25, -0.2) is 0 Å². The van der Waals surface area contributed by atoms with Crippen molar-refractivity contribution in [1.29, 1.82) is 0 Å². The summed E-state index contributed by atoms with van der Waals surface area (Å²) >= 11 is 0. The van der Waals surface area contributed by atoms with E-state index in [2.05, 4.69) is 0 Å². The van der Waals surface area contributed by atoms with Crippen LogP contribution in [0.2, 0.25) is 0 Å². The van der Waals surface area contributed by atoms with E-state index in [4.69, 9.17) is 4.74 Å². The molecule has 6 heteroatoms. The largest absolute Gasteiger partial charge is 0.507 e. The highest BCUT2D eigenvalue weighted by Gasteiger charge is 2.48. The number of carbonyl (C=O) groups excluding carboxylic acids is 2. The van der Waals surface area contributed by atoms with Crippen molar-refractivity contribution in [3.63, 3.8) is 0 Å². The van der Waals surface area contributed by atoms with Gasteiger partial charge in [0.1, 0.15) is 17.3 Å². The van der Waals surface area contributed by atoms with Gasteiger partial charge in [0, 0.05) is 0 Å². The Morgan fingerprint density at radius 2 is 1.69 bits per heavy atom. The minimum Gasteiger partial charge on any atom is -0.507 e. The summed E-state index contributed by atoms with van der Waals surface area (Å²) in [6.45, 7) is 8.04. The smallest absolute Gasteiger partial charge is 0.300 e. The molecule has 3 aromatic rings. The summed E-state index contributed by atoms with van der Waals surface area (Å²) in [5, 5.41) is 22.1. The zero-order valence-electron chi connectivity index (χ0n) is 20.5. The van der Waals surface area contributed by atoms with E-state index in [0.717, 1.165) is 11.1 Å². The number of aliphatic hydroxyl groups excluding tert-OH is 1. The minimum absolute atomic E-state index is 0.0618. The standard InChI is InChI=1S/C29H29NO5/c1-17-9-8-10-18(15-17)25-24(27(33)28(34)30(25)21-11-6-7-12-22(21)31)26(32)20-16-19(29(2,3)4)13-14-23(20)35-5/h6-16,25,31-32H,1-5H3/b26-24+. The van der Waals surface area contributed by atoms with Crippen LogP contribution in [-0.4, -0.2) is 29.0 Å². The van der Waals surface area contributed by atoms with Crippen molar-refractivity contribution in [2.75, 3.05) is 12.0 Å². The van der Waals surface area contributed by atoms with E-state index < -0.39 is 17.7 Å². The molecule has 35 heavy (non-hydrogen) atoms. The fourth-order valence-corrected chi connectivity index (χ4v) is 4.41. The van der Waals surface area contributed by atoms with Gasteiger partial charge in [-0.1, -0.05) is 68.8 Å². The van der Waals surface area contributed by atoms with Gasteiger partial charge in [0.05, 0.1) is 30.0 Å². The minimum atomic E-state index is -0.939. The SMILES string of the molecule is COc1ccc(C(C)(C)C)cc1/C(O)=C1\C(=O)C(=O)N(c2ccccc2O)C1c1cccc(C)c1. The van der Waals surface area contributed by atoms with Crippen molar-refractivity contribution in [2.45, 2.75) is 39.2 Å². The molecule has 0 aliphatic carbocycles. The Morgan fingerprint density at radius 3 is 2.31 bits per heavy atom. The molecule has 0 bridgehead atoms. The highest BCUT2D eigenvalue weighted by atomic mass is 16.5. The molecule has 1 fully saturated rings. The Balaban J connectivity index is 2.02. The normalized spacial score (nSPS) is 17.6. The average molecular weight is 472 g/mol. The molecule has 1 heterocycles. The Hall–Kier alpha value is -4.06. The number of phenolic OH excluding ortho intramolecular Hbond substituents is 1. The van der Waals surface area contributed by atoms with Crippen LogP contribution < -0.4 is 9.64 Å². The summed E-state index contributed by atoms with van der Waals surface area (Å²) < 4.78 is 5.50. The van der Waals surface area contributed by atoms with E-state index in [0.29, 0.717) is 16.9 Å². The number of ketones is 1. The van der Waals surface area contributed by atoms with Gasteiger partial charge in [-0.2, -0.15) is 0 Å². The number of rotatable bonds is 4. The lowest BCUT2D eigenvalue weighted by molar-refractivity contribution is -0.132. The highest BCUT2D eigenvalue weighted by Crippen LogP contribution is 2.45. The second kappa shape index (κ2) is 8.95. The molecule has 3 aromatic carbocycles. The highest BCUT2D eigenvalue weighted by molar-refractivity contribution is 6.52. The number of hydrogen-bond acceptors (Lipinski definition) is 5. The van der Waals surface area contributed by atoms with Crippen LogP contribution >= 0.6 is 0 Å². The van der Waals surface area contributed by atoms with Crippen LogP contribution in [0, 0.1) is 6.92 Å². The third-order valence-corrected chi connectivity index (χ3v) is 6.26. The summed E-state index contributed by atoms with van der Waals surface area (Å²) in [5.41, 5.74) is 2.73. The predicted octanol–water partition coefficient (Wildman–Crippen LogP) is 5.63. The van der Waals surface area contributed by atoms with Crippen LogP contribution in [0.4, 0.5) is 5.69 Å². The molecular weight excluding hydrogens is 442 g/mol. The van der Waals surface area contributed by atoms with Crippen molar-refractivity contribution in [1.82, 2.24) is 0 Å². The zero-order valence-corrected chi connectivity index (χ0v) is 20.5. The summed E-state index contributed by atoms with van der Waals surface area (Å²) in [5.74, 6) is -1.74. The Bertz CT molecular complexity index is 1350. The van der Waals surface area contributed by atoms with Crippen molar-refractivity contribution in [3.8, 4) is 11.5 Å². The number of Topliss-reactive ketones (excluding diaryl/α,β-unsaturated/α-hetero) is 1. The van der Waals surface area contributed by atoms with E-state index in [1.807, 2.05) is 52.0 Å². The molecular formula is C29H29NO5. The average Bonchev–Trinajstić information content (AvgIpc) is 3.08. The first-order valence-electron chi connectivity index (χ1n) is 11.4. The quantitative estimate of drug-likeness (QED) is 0.292. The topological polar surface area (TPSA) is 87.1 Å². The number of aliphatic hydroxyl groups is 1. The van der Waals surface area contributed by atoms with Gasteiger partial charge >= 0.3 is 0 Å². The first-order valence-corrected chi connectivity index (χ1v) is 11.4. The van der Waals surface area contributed by atoms with Crippen molar-refractivity contribution in [3.05, 3.63) is 94.6 Å². The summed E-state index contributed by atoms with van der Waals surface area (Å²) in [7, 11) is 1.49. The Morgan fingerprint density at radius 1 is 0.971 bits per heavy atom. The molecule has 6 nitrogen and oxygen atoms in total. The third kappa shape index (κ3) is 4.28. The molecule has 1 aliphatic heterocycles. The fourth-order valence-electron chi connectivity index (χ4n) is 4.41. The summed E-state index contributed by atoms with van der Waals surface area (Å²) in [6, 6.07) is 18.2. The molecule has 4 rings (SSSR count). The number of ether oxygens (including phenoxy) is 1. The van der Waals surface area contributed by atoms with Crippen LogP contribution in [0.5, 0.6) is 11.5 Å². The van der Waals surface area contributed by atoms with E-state index in [1.54, 1.807) is 36.4 Å². The molecule has 1 amide bonds. The van der Waals surface area contributed by atoms with Gasteiger partial charge in [-0.05, 0) is 47.7 Å². The Kier molecular flexibility index (Phi) is 6.15.